The Morgan fingerprint density at radius 1 is 0.677 bits per heavy atom. The summed E-state index contributed by atoms with van der Waals surface area (Å²) in [6.07, 6.45) is 0.685. The summed E-state index contributed by atoms with van der Waals surface area (Å²) in [6, 6.07) is 32.2. The van der Waals surface area contributed by atoms with Gasteiger partial charge in [-0.05, 0) is 5.56 Å². The lowest BCUT2D eigenvalue weighted by Gasteiger charge is -2.55. The number of likely N-dealkylation sites (tertiary alicyclic amines) is 1. The molecule has 1 aliphatic heterocycles. The third-order valence-corrected chi connectivity index (χ3v) is 5.67. The summed E-state index contributed by atoms with van der Waals surface area (Å²) >= 11 is 0. The highest BCUT2D eigenvalue weighted by Crippen LogP contribution is 2.36. The van der Waals surface area contributed by atoms with Crippen molar-refractivity contribution >= 4 is 7.25 Å². The van der Waals surface area contributed by atoms with E-state index in [0.29, 0.717) is 0 Å². The number of rotatable bonds is 6. The van der Waals surface area contributed by atoms with Gasteiger partial charge in [0.25, 0.3) is 0 Å². The Morgan fingerprint density at radius 2 is 1.03 bits per heavy atom. The van der Waals surface area contributed by atoms with E-state index in [4.69, 9.17) is 0 Å². The number of aliphatic hydroxyl groups is 1. The second-order valence-electron chi connectivity index (χ2n) is 8.01. The second-order valence-corrected chi connectivity index (χ2v) is 8.01. The highest BCUT2D eigenvalue weighted by atomic mass is 19.5. The first-order valence-corrected chi connectivity index (χ1v) is 10.3. The van der Waals surface area contributed by atoms with Crippen molar-refractivity contribution in [2.75, 3.05) is 6.54 Å². The molecule has 0 bridgehead atoms. The van der Waals surface area contributed by atoms with Crippen LogP contribution in [-0.4, -0.2) is 35.5 Å². The molecule has 2 nitrogen and oxygen atoms in total. The molecule has 7 heteroatoms. The zero-order valence-corrected chi connectivity index (χ0v) is 17.1. The lowest BCUT2D eigenvalue weighted by Crippen LogP contribution is -2.73. The lowest BCUT2D eigenvalue weighted by molar-refractivity contribution is -1.02. The number of hydrogen-bond donors (Lipinski definition) is 1. The third kappa shape index (κ3) is 6.94. The first-order valence-electron chi connectivity index (χ1n) is 10.3. The average Bonchev–Trinajstić information content (AvgIpc) is 2.73. The van der Waals surface area contributed by atoms with Gasteiger partial charge in [0, 0.05) is 17.5 Å². The van der Waals surface area contributed by atoms with Crippen LogP contribution in [-0.2, 0) is 19.5 Å². The van der Waals surface area contributed by atoms with Crippen molar-refractivity contribution in [1.82, 2.24) is 0 Å². The monoisotopic (exact) mass is 431 g/mol. The first-order chi connectivity index (χ1) is 14.8. The number of hydrogen-bond acceptors (Lipinski definition) is 1. The van der Waals surface area contributed by atoms with Crippen molar-refractivity contribution in [3.05, 3.63) is 108 Å². The zero-order valence-electron chi connectivity index (χ0n) is 17.1. The summed E-state index contributed by atoms with van der Waals surface area (Å²) in [5.41, 5.74) is 3.99. The zero-order chi connectivity index (χ0) is 22.3. The maximum absolute atomic E-state index is 10.6. The van der Waals surface area contributed by atoms with Crippen molar-refractivity contribution in [2.24, 2.45) is 0 Å². The fourth-order valence-electron chi connectivity index (χ4n) is 4.36. The van der Waals surface area contributed by atoms with Gasteiger partial charge in [0.2, 0.25) is 0 Å². The van der Waals surface area contributed by atoms with Crippen LogP contribution in [0.4, 0.5) is 17.3 Å². The Bertz CT molecular complexity index is 875. The van der Waals surface area contributed by atoms with E-state index in [9.17, 15) is 22.4 Å². The van der Waals surface area contributed by atoms with E-state index in [1.165, 1.54) is 16.7 Å². The minimum Gasteiger partial charge on any atom is -0.418 e. The minimum atomic E-state index is -6.00. The normalized spacial score (nSPS) is 19.6. The van der Waals surface area contributed by atoms with Crippen LogP contribution in [0.1, 0.15) is 16.7 Å². The Kier molecular flexibility index (Phi) is 7.52. The molecule has 3 aromatic carbocycles. The van der Waals surface area contributed by atoms with Crippen LogP contribution in [0.3, 0.4) is 0 Å². The number of benzene rings is 3. The number of nitrogens with zero attached hydrogens (tertiary/aromatic N) is 1. The van der Waals surface area contributed by atoms with Gasteiger partial charge in [0.15, 0.2) is 6.10 Å². The molecular formula is C24H26BF4NO. The van der Waals surface area contributed by atoms with Crippen LogP contribution in [0.2, 0.25) is 0 Å². The van der Waals surface area contributed by atoms with Crippen LogP contribution in [0.25, 0.3) is 0 Å². The Labute approximate surface area is 180 Å². The van der Waals surface area contributed by atoms with Gasteiger partial charge < -0.3 is 26.9 Å². The lowest BCUT2D eigenvalue weighted by atomic mass is 9.86. The van der Waals surface area contributed by atoms with Crippen molar-refractivity contribution < 1.29 is 26.9 Å². The fraction of sp³-hybridized carbons (Fsp3) is 0.250. The van der Waals surface area contributed by atoms with Gasteiger partial charge in [0.05, 0.1) is 0 Å². The second kappa shape index (κ2) is 10.1. The third-order valence-electron chi connectivity index (χ3n) is 5.67. The van der Waals surface area contributed by atoms with Gasteiger partial charge in [-0.15, -0.1) is 0 Å². The highest BCUT2D eigenvalue weighted by Gasteiger charge is 2.53. The highest BCUT2D eigenvalue weighted by molar-refractivity contribution is 6.50. The van der Waals surface area contributed by atoms with Gasteiger partial charge in [-0.1, -0.05) is 91.0 Å². The van der Waals surface area contributed by atoms with E-state index in [2.05, 4.69) is 91.0 Å². The van der Waals surface area contributed by atoms with E-state index in [1.807, 2.05) is 0 Å². The van der Waals surface area contributed by atoms with Crippen LogP contribution in [0, 0.1) is 0 Å². The van der Waals surface area contributed by atoms with Crippen LogP contribution >= 0.6 is 0 Å². The molecule has 4 rings (SSSR count). The maximum atomic E-state index is 10.6. The molecule has 164 valence electrons. The molecule has 31 heavy (non-hydrogen) atoms. The van der Waals surface area contributed by atoms with E-state index in [1.54, 1.807) is 0 Å². The molecule has 1 saturated heterocycles. The maximum Gasteiger partial charge on any atom is 0.673 e. The van der Waals surface area contributed by atoms with Crippen molar-refractivity contribution in [1.29, 1.82) is 0 Å². The molecule has 0 aromatic heterocycles. The molecule has 0 radical (unpaired) electrons. The Hall–Kier alpha value is -2.64. The SMILES string of the molecule is F[B-](F)(F)F.O[C@@H]1C[N+](Cc2ccccc2)(Cc2ccccc2)[C@H]1Cc1ccccc1. The summed E-state index contributed by atoms with van der Waals surface area (Å²) in [5, 5.41) is 10.6. The molecule has 3 aromatic rings. The smallest absolute Gasteiger partial charge is 0.418 e. The molecule has 1 aliphatic rings. The molecule has 1 heterocycles. The quantitative estimate of drug-likeness (QED) is 0.311. The molecule has 1 fully saturated rings. The Morgan fingerprint density at radius 3 is 1.39 bits per heavy atom. The van der Waals surface area contributed by atoms with Crippen molar-refractivity contribution in [2.45, 2.75) is 31.7 Å². The van der Waals surface area contributed by atoms with E-state index < -0.39 is 7.25 Å². The minimum absolute atomic E-state index is 0.234. The molecule has 0 aliphatic carbocycles. The van der Waals surface area contributed by atoms with E-state index in [-0.39, 0.29) is 12.1 Å². The molecule has 0 saturated carbocycles. The van der Waals surface area contributed by atoms with Crippen LogP contribution in [0.15, 0.2) is 91.0 Å². The number of quaternary nitrogens is 1. The van der Waals surface area contributed by atoms with Gasteiger partial charge >= 0.3 is 7.25 Å². The molecular weight excluding hydrogens is 405 g/mol. The standard InChI is InChI=1S/C24H26NO.BF4/c26-24-19-25(17-21-12-6-2-7-13-21,18-22-14-8-3-9-15-22)23(24)16-20-10-4-1-5-11-20;2-1(3,4)5/h1-15,23-24,26H,16-19H2;/q+1;-1/t23-,24+;/m0./s1. The van der Waals surface area contributed by atoms with Gasteiger partial charge in [-0.3, -0.25) is 0 Å². The molecule has 0 unspecified atom stereocenters. The molecule has 0 spiro atoms. The number of aliphatic hydroxyl groups excluding tert-OH is 1. The fourth-order valence-corrected chi connectivity index (χ4v) is 4.36. The summed E-state index contributed by atoms with van der Waals surface area (Å²) < 4.78 is 39.9. The summed E-state index contributed by atoms with van der Waals surface area (Å²) in [5.74, 6) is 0. The van der Waals surface area contributed by atoms with Crippen LogP contribution in [0.5, 0.6) is 0 Å². The van der Waals surface area contributed by atoms with Gasteiger partial charge in [-0.2, -0.15) is 0 Å². The van der Waals surface area contributed by atoms with E-state index in [0.717, 1.165) is 30.5 Å². The van der Waals surface area contributed by atoms with Gasteiger partial charge in [-0.25, -0.2) is 0 Å². The van der Waals surface area contributed by atoms with Gasteiger partial charge in [0.1, 0.15) is 25.7 Å². The molecule has 0 amide bonds. The largest absolute Gasteiger partial charge is 0.673 e. The number of halogens is 4. The first kappa shape index (κ1) is 23.0. The predicted octanol–water partition coefficient (Wildman–Crippen LogP) is 5.49. The summed E-state index contributed by atoms with van der Waals surface area (Å²) in [6.45, 7) is 2.75. The Balaban J connectivity index is 0.000000491. The summed E-state index contributed by atoms with van der Waals surface area (Å²) in [4.78, 5) is 0. The van der Waals surface area contributed by atoms with E-state index >= 15 is 0 Å². The summed E-state index contributed by atoms with van der Waals surface area (Å²) in [7, 11) is -6.00. The topological polar surface area (TPSA) is 20.2 Å². The van der Waals surface area contributed by atoms with Crippen LogP contribution < -0.4 is 0 Å². The van der Waals surface area contributed by atoms with Crippen molar-refractivity contribution in [3.63, 3.8) is 0 Å². The predicted molar refractivity (Wildman–Crippen MR) is 116 cm³/mol. The molecule has 1 N–H and O–H groups in total. The average molecular weight is 431 g/mol. The van der Waals surface area contributed by atoms with Crippen molar-refractivity contribution in [3.8, 4) is 0 Å². The molecule has 2 atom stereocenters.